The van der Waals surface area contributed by atoms with E-state index < -0.39 is 4.92 Å². The molecule has 0 saturated heterocycles. The Labute approximate surface area is 146 Å². The third kappa shape index (κ3) is 5.38. The van der Waals surface area contributed by atoms with Crippen LogP contribution in [0.1, 0.15) is 42.1 Å². The standard InChI is InChI=1S/C19H21FN2O3/c1-2-3-4-13-21(14-15-5-9-17(20)10-6-15)19(23)16-7-11-18(12-8-16)22(24)25/h5-12H,2-4,13-14H2,1H3. The molecule has 0 saturated carbocycles. The highest BCUT2D eigenvalue weighted by molar-refractivity contribution is 5.94. The molecule has 2 aromatic carbocycles. The van der Waals surface area contributed by atoms with Crippen molar-refractivity contribution in [2.24, 2.45) is 0 Å². The highest BCUT2D eigenvalue weighted by Gasteiger charge is 2.17. The second kappa shape index (κ2) is 8.92. The number of carbonyl (C=O) groups excluding carboxylic acids is 1. The van der Waals surface area contributed by atoms with E-state index in [0.717, 1.165) is 24.8 Å². The Hall–Kier alpha value is -2.76. The Bertz CT molecular complexity index is 714. The van der Waals surface area contributed by atoms with Crippen LogP contribution in [0, 0.1) is 15.9 Å². The number of amides is 1. The van der Waals surface area contributed by atoms with Crippen LogP contribution < -0.4 is 0 Å². The number of non-ortho nitro benzene ring substituents is 1. The molecule has 0 fully saturated rings. The average molecular weight is 344 g/mol. The molecule has 132 valence electrons. The van der Waals surface area contributed by atoms with Crippen molar-refractivity contribution in [3.63, 3.8) is 0 Å². The number of rotatable bonds is 8. The number of carbonyl (C=O) groups is 1. The maximum absolute atomic E-state index is 13.1. The largest absolute Gasteiger partial charge is 0.334 e. The highest BCUT2D eigenvalue weighted by Crippen LogP contribution is 2.16. The first-order chi connectivity index (χ1) is 12.0. The van der Waals surface area contributed by atoms with E-state index in [9.17, 15) is 19.3 Å². The first-order valence-corrected chi connectivity index (χ1v) is 8.29. The van der Waals surface area contributed by atoms with Crippen LogP contribution >= 0.6 is 0 Å². The average Bonchev–Trinajstić information content (AvgIpc) is 2.62. The van der Waals surface area contributed by atoms with Crippen LogP contribution in [0.3, 0.4) is 0 Å². The highest BCUT2D eigenvalue weighted by atomic mass is 19.1. The quantitative estimate of drug-likeness (QED) is 0.400. The third-order valence-electron chi connectivity index (χ3n) is 3.93. The van der Waals surface area contributed by atoms with Gasteiger partial charge in [-0.3, -0.25) is 14.9 Å². The van der Waals surface area contributed by atoms with Crippen LogP contribution in [0.2, 0.25) is 0 Å². The summed E-state index contributed by atoms with van der Waals surface area (Å²) >= 11 is 0. The van der Waals surface area contributed by atoms with E-state index in [4.69, 9.17) is 0 Å². The summed E-state index contributed by atoms with van der Waals surface area (Å²) in [6.45, 7) is 3.04. The fourth-order valence-electron chi connectivity index (χ4n) is 2.52. The van der Waals surface area contributed by atoms with Gasteiger partial charge in [0.2, 0.25) is 0 Å². The molecule has 0 N–H and O–H groups in total. The normalized spacial score (nSPS) is 10.5. The van der Waals surface area contributed by atoms with E-state index >= 15 is 0 Å². The van der Waals surface area contributed by atoms with Gasteiger partial charge in [-0.1, -0.05) is 31.9 Å². The van der Waals surface area contributed by atoms with Gasteiger partial charge < -0.3 is 4.90 Å². The fraction of sp³-hybridized carbons (Fsp3) is 0.316. The van der Waals surface area contributed by atoms with Crippen LogP contribution in [0.25, 0.3) is 0 Å². The van der Waals surface area contributed by atoms with Crippen LogP contribution in [0.5, 0.6) is 0 Å². The molecular formula is C19H21FN2O3. The number of benzene rings is 2. The van der Waals surface area contributed by atoms with Gasteiger partial charge in [0.1, 0.15) is 5.82 Å². The lowest BCUT2D eigenvalue weighted by Crippen LogP contribution is -2.31. The summed E-state index contributed by atoms with van der Waals surface area (Å²) < 4.78 is 13.1. The number of nitro groups is 1. The number of hydrogen-bond donors (Lipinski definition) is 0. The van der Waals surface area contributed by atoms with Gasteiger partial charge in [0.05, 0.1) is 4.92 Å². The smallest absolute Gasteiger partial charge is 0.269 e. The maximum Gasteiger partial charge on any atom is 0.269 e. The molecule has 1 amide bonds. The van der Waals surface area contributed by atoms with Crippen molar-refractivity contribution in [1.29, 1.82) is 0 Å². The first kappa shape index (κ1) is 18.6. The topological polar surface area (TPSA) is 63.5 Å². The maximum atomic E-state index is 13.1. The molecule has 0 unspecified atom stereocenters. The van der Waals surface area contributed by atoms with Gasteiger partial charge in [-0.05, 0) is 36.2 Å². The lowest BCUT2D eigenvalue weighted by molar-refractivity contribution is -0.384. The number of unbranched alkanes of at least 4 members (excludes halogenated alkanes) is 2. The summed E-state index contributed by atoms with van der Waals surface area (Å²) in [4.78, 5) is 24.7. The predicted molar refractivity (Wildman–Crippen MR) is 93.8 cm³/mol. The molecule has 6 heteroatoms. The molecule has 0 aliphatic heterocycles. The lowest BCUT2D eigenvalue weighted by Gasteiger charge is -2.23. The molecule has 0 aromatic heterocycles. The Morgan fingerprint density at radius 1 is 1.08 bits per heavy atom. The zero-order valence-electron chi connectivity index (χ0n) is 14.2. The van der Waals surface area contributed by atoms with Crippen molar-refractivity contribution in [3.05, 3.63) is 75.6 Å². The summed E-state index contributed by atoms with van der Waals surface area (Å²) in [6.07, 6.45) is 2.92. The second-order valence-corrected chi connectivity index (χ2v) is 5.86. The summed E-state index contributed by atoms with van der Waals surface area (Å²) in [5.74, 6) is -0.502. The Balaban J connectivity index is 2.16. The number of hydrogen-bond acceptors (Lipinski definition) is 3. The van der Waals surface area contributed by atoms with Crippen molar-refractivity contribution in [2.75, 3.05) is 6.54 Å². The fourth-order valence-corrected chi connectivity index (χ4v) is 2.52. The van der Waals surface area contributed by atoms with Gasteiger partial charge in [-0.2, -0.15) is 0 Å². The molecular weight excluding hydrogens is 323 g/mol. The SMILES string of the molecule is CCCCCN(Cc1ccc(F)cc1)C(=O)c1ccc([N+](=O)[O-])cc1. The monoisotopic (exact) mass is 344 g/mol. The van der Waals surface area contributed by atoms with Crippen molar-refractivity contribution >= 4 is 11.6 Å². The van der Waals surface area contributed by atoms with E-state index in [2.05, 4.69) is 6.92 Å². The second-order valence-electron chi connectivity index (χ2n) is 5.86. The lowest BCUT2D eigenvalue weighted by atomic mass is 10.1. The molecule has 0 bridgehead atoms. The Morgan fingerprint density at radius 2 is 1.72 bits per heavy atom. The van der Waals surface area contributed by atoms with Crippen LogP contribution in [0.15, 0.2) is 48.5 Å². The van der Waals surface area contributed by atoms with Gasteiger partial charge in [0.25, 0.3) is 11.6 Å². The van der Waals surface area contributed by atoms with Crippen LogP contribution in [0.4, 0.5) is 10.1 Å². The molecule has 2 rings (SSSR count). The summed E-state index contributed by atoms with van der Waals surface area (Å²) in [6, 6.07) is 11.7. The molecule has 0 aliphatic carbocycles. The molecule has 0 spiro atoms. The van der Waals surface area contributed by atoms with Crippen molar-refractivity contribution in [2.45, 2.75) is 32.7 Å². The van der Waals surface area contributed by atoms with E-state index in [1.54, 1.807) is 17.0 Å². The zero-order valence-corrected chi connectivity index (χ0v) is 14.2. The molecule has 5 nitrogen and oxygen atoms in total. The molecule has 2 aromatic rings. The summed E-state index contributed by atoms with van der Waals surface area (Å²) in [5.41, 5.74) is 1.20. The van der Waals surface area contributed by atoms with E-state index in [0.29, 0.717) is 18.7 Å². The van der Waals surface area contributed by atoms with Crippen molar-refractivity contribution < 1.29 is 14.1 Å². The predicted octanol–water partition coefficient (Wildman–Crippen LogP) is 4.57. The molecule has 25 heavy (non-hydrogen) atoms. The van der Waals surface area contributed by atoms with E-state index in [-0.39, 0.29) is 17.4 Å². The minimum atomic E-state index is -0.494. The first-order valence-electron chi connectivity index (χ1n) is 8.29. The van der Waals surface area contributed by atoms with Crippen molar-refractivity contribution in [3.8, 4) is 0 Å². The molecule has 0 radical (unpaired) electrons. The summed E-state index contributed by atoms with van der Waals surface area (Å²) in [5, 5.41) is 10.7. The van der Waals surface area contributed by atoms with Crippen LogP contribution in [-0.4, -0.2) is 22.3 Å². The molecule has 0 heterocycles. The van der Waals surface area contributed by atoms with Gasteiger partial charge in [0.15, 0.2) is 0 Å². The molecule has 0 atom stereocenters. The van der Waals surface area contributed by atoms with Crippen LogP contribution in [-0.2, 0) is 6.54 Å². The van der Waals surface area contributed by atoms with Gasteiger partial charge in [-0.25, -0.2) is 4.39 Å². The van der Waals surface area contributed by atoms with Gasteiger partial charge in [0, 0.05) is 30.8 Å². The number of nitrogens with zero attached hydrogens (tertiary/aromatic N) is 2. The van der Waals surface area contributed by atoms with Crippen molar-refractivity contribution in [1.82, 2.24) is 4.90 Å². The Morgan fingerprint density at radius 3 is 2.28 bits per heavy atom. The minimum Gasteiger partial charge on any atom is -0.334 e. The van der Waals surface area contributed by atoms with Gasteiger partial charge >= 0.3 is 0 Å². The zero-order chi connectivity index (χ0) is 18.2. The third-order valence-corrected chi connectivity index (χ3v) is 3.93. The van der Waals surface area contributed by atoms with Gasteiger partial charge in [-0.15, -0.1) is 0 Å². The summed E-state index contributed by atoms with van der Waals surface area (Å²) in [7, 11) is 0. The van der Waals surface area contributed by atoms with E-state index in [1.165, 1.54) is 36.4 Å². The number of halogens is 1. The molecule has 0 aliphatic rings. The minimum absolute atomic E-state index is 0.0485. The Kier molecular flexibility index (Phi) is 6.62. The van der Waals surface area contributed by atoms with E-state index in [1.807, 2.05) is 0 Å². The number of nitro benzene ring substituents is 1.